The van der Waals surface area contributed by atoms with E-state index in [0.29, 0.717) is 30.4 Å². The lowest BCUT2D eigenvalue weighted by molar-refractivity contribution is -0.133. The average Bonchev–Trinajstić information content (AvgIpc) is 3.24. The highest BCUT2D eigenvalue weighted by molar-refractivity contribution is 8.15. The van der Waals surface area contributed by atoms with E-state index < -0.39 is 16.0 Å². The van der Waals surface area contributed by atoms with E-state index in [2.05, 4.69) is 4.40 Å². The first kappa shape index (κ1) is 17.3. The molecule has 3 heterocycles. The third-order valence-electron chi connectivity index (χ3n) is 4.49. The number of amidine groups is 1. The maximum absolute atomic E-state index is 12.2. The van der Waals surface area contributed by atoms with Crippen molar-refractivity contribution >= 4 is 44.5 Å². The predicted octanol–water partition coefficient (Wildman–Crippen LogP) is 1.08. The van der Waals surface area contributed by atoms with Crippen LogP contribution < -0.4 is 4.90 Å². The monoisotopic (exact) mass is 395 g/mol. The molecular weight excluding hydrogens is 378 g/mol. The number of nitrogens with zero attached hydrogens (tertiary/aromatic N) is 3. The van der Waals surface area contributed by atoms with E-state index in [4.69, 9.17) is 4.74 Å². The zero-order chi connectivity index (χ0) is 18.3. The van der Waals surface area contributed by atoms with Crippen molar-refractivity contribution in [2.24, 2.45) is 4.40 Å². The van der Waals surface area contributed by atoms with Gasteiger partial charge in [0.1, 0.15) is 0 Å². The molecule has 0 aromatic heterocycles. The number of hydrogen-bond acceptors (Lipinski definition) is 7. The Kier molecular flexibility index (Phi) is 4.39. The molecule has 0 radical (unpaired) electrons. The van der Waals surface area contributed by atoms with Gasteiger partial charge in [-0.2, -0.15) is 0 Å². The molecule has 1 fully saturated rings. The molecule has 0 spiro atoms. The molecule has 26 heavy (non-hydrogen) atoms. The average molecular weight is 395 g/mol. The van der Waals surface area contributed by atoms with E-state index in [1.165, 1.54) is 11.8 Å². The second-order valence-corrected chi connectivity index (χ2v) is 9.02. The van der Waals surface area contributed by atoms with Crippen LogP contribution in [0.25, 0.3) is 0 Å². The van der Waals surface area contributed by atoms with Crippen LogP contribution in [0.1, 0.15) is 23.2 Å². The largest absolute Gasteiger partial charge is 0.452 e. The summed E-state index contributed by atoms with van der Waals surface area (Å²) < 4.78 is 32.2. The molecule has 3 aliphatic heterocycles. The number of esters is 1. The highest BCUT2D eigenvalue weighted by Gasteiger charge is 2.33. The summed E-state index contributed by atoms with van der Waals surface area (Å²) in [6, 6.07) is 5.02. The van der Waals surface area contributed by atoms with Crippen molar-refractivity contribution in [3.8, 4) is 0 Å². The molecule has 0 unspecified atom stereocenters. The molecule has 0 saturated carbocycles. The second-order valence-electron chi connectivity index (χ2n) is 6.26. The Morgan fingerprint density at radius 1 is 1.19 bits per heavy atom. The fraction of sp³-hybridized carbons (Fsp3) is 0.438. The first-order valence-corrected chi connectivity index (χ1v) is 10.7. The van der Waals surface area contributed by atoms with Gasteiger partial charge in [0.05, 0.1) is 17.0 Å². The third kappa shape index (κ3) is 3.30. The van der Waals surface area contributed by atoms with Gasteiger partial charge in [0, 0.05) is 24.5 Å². The Bertz CT molecular complexity index is 906. The van der Waals surface area contributed by atoms with Crippen LogP contribution >= 0.6 is 11.8 Å². The molecule has 138 valence electrons. The number of carbonyl (C=O) groups excluding carboxylic acids is 2. The number of anilines is 1. The van der Waals surface area contributed by atoms with E-state index in [0.717, 1.165) is 23.4 Å². The molecule has 0 bridgehead atoms. The standard InChI is InChI=1S/C16H17N3O5S2/c20-14(18-5-1-2-6-18)10-24-15(21)11-3-4-12-13(9-11)25-16-17-26(22,23)8-7-19(12)16/h3-4,9H,1-2,5-8,10H2. The van der Waals surface area contributed by atoms with Crippen molar-refractivity contribution in [1.29, 1.82) is 0 Å². The molecular formula is C16H17N3O5S2. The van der Waals surface area contributed by atoms with Crippen molar-refractivity contribution in [3.63, 3.8) is 0 Å². The van der Waals surface area contributed by atoms with E-state index in [1.54, 1.807) is 23.1 Å². The zero-order valence-corrected chi connectivity index (χ0v) is 15.5. The summed E-state index contributed by atoms with van der Waals surface area (Å²) in [5.41, 5.74) is 1.15. The maximum Gasteiger partial charge on any atom is 0.338 e. The molecule has 3 aliphatic rings. The number of hydrogen-bond donors (Lipinski definition) is 0. The Hall–Kier alpha value is -2.07. The lowest BCUT2D eigenvalue weighted by atomic mass is 10.2. The van der Waals surface area contributed by atoms with Crippen molar-refractivity contribution in [2.75, 3.05) is 36.9 Å². The van der Waals surface area contributed by atoms with Crippen LogP contribution in [0.2, 0.25) is 0 Å². The fourth-order valence-electron chi connectivity index (χ4n) is 3.13. The molecule has 1 amide bonds. The van der Waals surface area contributed by atoms with Crippen molar-refractivity contribution in [2.45, 2.75) is 17.7 Å². The summed E-state index contributed by atoms with van der Waals surface area (Å²) >= 11 is 1.21. The van der Waals surface area contributed by atoms with Crippen LogP contribution in [-0.4, -0.2) is 62.4 Å². The van der Waals surface area contributed by atoms with Gasteiger partial charge in [-0.1, -0.05) is 0 Å². The highest BCUT2D eigenvalue weighted by atomic mass is 32.2. The summed E-state index contributed by atoms with van der Waals surface area (Å²) in [5, 5.41) is 0.404. The Morgan fingerprint density at radius 2 is 1.96 bits per heavy atom. The molecule has 0 N–H and O–H groups in total. The van der Waals surface area contributed by atoms with Crippen LogP contribution in [0.4, 0.5) is 5.69 Å². The molecule has 1 aromatic carbocycles. The summed E-state index contributed by atoms with van der Waals surface area (Å²) in [6.07, 6.45) is 1.97. The van der Waals surface area contributed by atoms with Gasteiger partial charge in [0.2, 0.25) is 0 Å². The maximum atomic E-state index is 12.2. The summed E-state index contributed by atoms with van der Waals surface area (Å²) in [6.45, 7) is 1.51. The van der Waals surface area contributed by atoms with Crippen LogP contribution in [-0.2, 0) is 19.6 Å². The minimum Gasteiger partial charge on any atom is -0.452 e. The normalized spacial score (nSPS) is 20.4. The molecule has 4 rings (SSSR count). The number of amides is 1. The van der Waals surface area contributed by atoms with Crippen LogP contribution in [0.5, 0.6) is 0 Å². The first-order valence-electron chi connectivity index (χ1n) is 8.30. The smallest absolute Gasteiger partial charge is 0.338 e. The zero-order valence-electron chi connectivity index (χ0n) is 13.9. The Balaban J connectivity index is 1.45. The van der Waals surface area contributed by atoms with E-state index in [-0.39, 0.29) is 18.3 Å². The molecule has 8 nitrogen and oxygen atoms in total. The number of rotatable bonds is 3. The number of fused-ring (bicyclic) bond motifs is 3. The number of ether oxygens (including phenoxy) is 1. The van der Waals surface area contributed by atoms with Crippen molar-refractivity contribution in [1.82, 2.24) is 4.90 Å². The van der Waals surface area contributed by atoms with Crippen LogP contribution in [0.3, 0.4) is 0 Å². The van der Waals surface area contributed by atoms with Crippen LogP contribution in [0, 0.1) is 0 Å². The topological polar surface area (TPSA) is 96.4 Å². The number of likely N-dealkylation sites (tertiary alicyclic amines) is 1. The number of thioether (sulfide) groups is 1. The third-order valence-corrected chi connectivity index (χ3v) is 6.80. The van der Waals surface area contributed by atoms with Gasteiger partial charge in [0.25, 0.3) is 15.9 Å². The second kappa shape index (κ2) is 6.58. The predicted molar refractivity (Wildman–Crippen MR) is 97.0 cm³/mol. The molecule has 10 heteroatoms. The van der Waals surface area contributed by atoms with Crippen LogP contribution in [0.15, 0.2) is 27.5 Å². The van der Waals surface area contributed by atoms with Gasteiger partial charge in [-0.05, 0) is 42.8 Å². The van der Waals surface area contributed by atoms with Gasteiger partial charge < -0.3 is 14.5 Å². The van der Waals surface area contributed by atoms with Gasteiger partial charge in [0.15, 0.2) is 11.8 Å². The summed E-state index contributed by atoms with van der Waals surface area (Å²) in [5.74, 6) is -0.776. The van der Waals surface area contributed by atoms with Gasteiger partial charge in [-0.25, -0.2) is 13.2 Å². The number of benzene rings is 1. The first-order chi connectivity index (χ1) is 12.4. The summed E-state index contributed by atoms with van der Waals surface area (Å²) in [7, 11) is -3.42. The van der Waals surface area contributed by atoms with E-state index >= 15 is 0 Å². The Labute approximate surface area is 155 Å². The van der Waals surface area contributed by atoms with Gasteiger partial charge >= 0.3 is 5.97 Å². The molecule has 1 saturated heterocycles. The molecule has 0 atom stereocenters. The summed E-state index contributed by atoms with van der Waals surface area (Å²) in [4.78, 5) is 28.5. The van der Waals surface area contributed by atoms with Gasteiger partial charge in [-0.3, -0.25) is 4.79 Å². The highest BCUT2D eigenvalue weighted by Crippen LogP contribution is 2.42. The van der Waals surface area contributed by atoms with Gasteiger partial charge in [-0.15, -0.1) is 4.40 Å². The SMILES string of the molecule is O=C(OCC(=O)N1CCCC1)c1ccc2c(c1)SC1=NS(=O)(=O)CCN12. The molecule has 0 aliphatic carbocycles. The Morgan fingerprint density at radius 3 is 2.73 bits per heavy atom. The van der Waals surface area contributed by atoms with Crippen molar-refractivity contribution < 1.29 is 22.7 Å². The number of carbonyl (C=O) groups is 2. The minimum atomic E-state index is -3.42. The van der Waals surface area contributed by atoms with E-state index in [9.17, 15) is 18.0 Å². The molecule has 1 aromatic rings. The van der Waals surface area contributed by atoms with E-state index in [1.807, 2.05) is 4.90 Å². The quantitative estimate of drug-likeness (QED) is 0.707. The number of sulfonamides is 1. The minimum absolute atomic E-state index is 0.0289. The lowest BCUT2D eigenvalue weighted by Gasteiger charge is -2.22. The lowest BCUT2D eigenvalue weighted by Crippen LogP contribution is -2.35. The van der Waals surface area contributed by atoms with Crippen molar-refractivity contribution in [3.05, 3.63) is 23.8 Å². The fourth-order valence-corrected chi connectivity index (χ4v) is 5.42.